The maximum absolute atomic E-state index is 13.6. The van der Waals surface area contributed by atoms with Crippen LogP contribution in [0.2, 0.25) is 0 Å². The summed E-state index contributed by atoms with van der Waals surface area (Å²) < 4.78 is 41.7. The van der Waals surface area contributed by atoms with Crippen LogP contribution in [0.4, 0.5) is 30.4 Å². The summed E-state index contributed by atoms with van der Waals surface area (Å²) in [5.41, 5.74) is 4.42. The highest BCUT2D eigenvalue weighted by atomic mass is 19.3. The van der Waals surface area contributed by atoms with E-state index in [1.165, 1.54) is 6.07 Å². The van der Waals surface area contributed by atoms with Crippen LogP contribution in [0.5, 0.6) is 5.75 Å². The number of alkyl halides is 2. The molecular formula is C13H9F3N4O4. The fourth-order valence-electron chi connectivity index (χ4n) is 1.75. The van der Waals surface area contributed by atoms with Crippen molar-refractivity contribution in [3.8, 4) is 5.75 Å². The van der Waals surface area contributed by atoms with Crippen molar-refractivity contribution in [3.63, 3.8) is 0 Å². The molecule has 0 aliphatic rings. The summed E-state index contributed by atoms with van der Waals surface area (Å²) in [5.74, 6) is -2.90. The Balaban J connectivity index is 2.32. The lowest BCUT2D eigenvalue weighted by atomic mass is 10.2. The molecule has 1 amide bonds. The van der Waals surface area contributed by atoms with Gasteiger partial charge in [-0.3, -0.25) is 14.9 Å². The third-order valence-electron chi connectivity index (χ3n) is 2.76. The van der Waals surface area contributed by atoms with Gasteiger partial charge in [-0.05, 0) is 12.1 Å². The Morgan fingerprint density at radius 1 is 1.38 bits per heavy atom. The smallest absolute Gasteiger partial charge is 0.387 e. The molecule has 11 heteroatoms. The summed E-state index contributed by atoms with van der Waals surface area (Å²) in [7, 11) is 0. The number of primary amides is 1. The van der Waals surface area contributed by atoms with E-state index in [1.54, 1.807) is 0 Å². The van der Waals surface area contributed by atoms with Crippen molar-refractivity contribution >= 4 is 23.1 Å². The van der Waals surface area contributed by atoms with Crippen molar-refractivity contribution in [2.24, 2.45) is 5.73 Å². The first-order chi connectivity index (χ1) is 11.3. The Morgan fingerprint density at radius 3 is 2.62 bits per heavy atom. The molecule has 0 radical (unpaired) electrons. The normalized spacial score (nSPS) is 10.5. The van der Waals surface area contributed by atoms with Crippen LogP contribution >= 0.6 is 0 Å². The van der Waals surface area contributed by atoms with Gasteiger partial charge in [-0.15, -0.1) is 0 Å². The molecule has 2 rings (SSSR count). The van der Waals surface area contributed by atoms with E-state index in [0.29, 0.717) is 0 Å². The number of hydrogen-bond donors (Lipinski definition) is 2. The van der Waals surface area contributed by atoms with Gasteiger partial charge in [0.05, 0.1) is 10.5 Å². The van der Waals surface area contributed by atoms with E-state index in [1.807, 2.05) is 0 Å². The summed E-state index contributed by atoms with van der Waals surface area (Å²) in [5, 5.41) is 13.2. The number of carbonyl (C=O) groups is 1. The standard InChI is InChI=1S/C13H9F3N4O4/c14-9-3-6(1-2-10(9)24-13(15)16)19-12-8(11(17)21)4-7(5-18-12)20(22)23/h1-5,13H,(H2,17,21)(H,18,19). The fourth-order valence-corrected chi connectivity index (χ4v) is 1.75. The van der Waals surface area contributed by atoms with E-state index in [-0.39, 0.29) is 17.1 Å². The Kier molecular flexibility index (Phi) is 4.82. The average Bonchev–Trinajstić information content (AvgIpc) is 2.49. The van der Waals surface area contributed by atoms with E-state index in [9.17, 15) is 28.1 Å². The zero-order chi connectivity index (χ0) is 17.9. The number of carbonyl (C=O) groups excluding carboxylic acids is 1. The number of pyridine rings is 1. The molecule has 0 bridgehead atoms. The highest BCUT2D eigenvalue weighted by Crippen LogP contribution is 2.26. The molecule has 1 aromatic heterocycles. The van der Waals surface area contributed by atoms with E-state index in [2.05, 4.69) is 15.0 Å². The number of aromatic nitrogens is 1. The van der Waals surface area contributed by atoms with Gasteiger partial charge in [0.1, 0.15) is 12.0 Å². The number of halogens is 3. The third-order valence-corrected chi connectivity index (χ3v) is 2.76. The summed E-state index contributed by atoms with van der Waals surface area (Å²) in [6.45, 7) is -3.18. The molecule has 1 aromatic carbocycles. The quantitative estimate of drug-likeness (QED) is 0.615. The van der Waals surface area contributed by atoms with Crippen molar-refractivity contribution in [1.82, 2.24) is 4.98 Å². The van der Waals surface area contributed by atoms with Crippen molar-refractivity contribution in [1.29, 1.82) is 0 Å². The largest absolute Gasteiger partial charge is 0.432 e. The summed E-state index contributed by atoms with van der Waals surface area (Å²) in [6, 6.07) is 3.86. The number of ether oxygens (including phenoxy) is 1. The Morgan fingerprint density at radius 2 is 2.08 bits per heavy atom. The van der Waals surface area contributed by atoms with Crippen LogP contribution in [-0.2, 0) is 0 Å². The fraction of sp³-hybridized carbons (Fsp3) is 0.0769. The molecule has 3 N–H and O–H groups in total. The van der Waals surface area contributed by atoms with Gasteiger partial charge in [0.25, 0.3) is 11.6 Å². The predicted octanol–water partition coefficient (Wildman–Crippen LogP) is 2.57. The van der Waals surface area contributed by atoms with Gasteiger partial charge in [0, 0.05) is 17.8 Å². The van der Waals surface area contributed by atoms with Crippen LogP contribution in [0.1, 0.15) is 10.4 Å². The van der Waals surface area contributed by atoms with E-state index in [4.69, 9.17) is 5.73 Å². The number of amides is 1. The number of nitrogens with zero attached hydrogens (tertiary/aromatic N) is 2. The topological polar surface area (TPSA) is 120 Å². The predicted molar refractivity (Wildman–Crippen MR) is 75.7 cm³/mol. The lowest BCUT2D eigenvalue weighted by Gasteiger charge is -2.11. The van der Waals surface area contributed by atoms with Crippen molar-refractivity contribution < 1.29 is 27.6 Å². The average molecular weight is 342 g/mol. The molecule has 1 heterocycles. The molecule has 0 saturated heterocycles. The second kappa shape index (κ2) is 6.81. The molecule has 126 valence electrons. The van der Waals surface area contributed by atoms with Gasteiger partial charge < -0.3 is 15.8 Å². The van der Waals surface area contributed by atoms with Crippen LogP contribution < -0.4 is 15.8 Å². The molecule has 0 fully saturated rings. The van der Waals surface area contributed by atoms with Crippen LogP contribution in [0.25, 0.3) is 0 Å². The first kappa shape index (κ1) is 17.0. The number of hydrogen-bond acceptors (Lipinski definition) is 6. The summed E-state index contributed by atoms with van der Waals surface area (Å²) >= 11 is 0. The Bertz CT molecular complexity index is 801. The van der Waals surface area contributed by atoms with Gasteiger partial charge in [-0.25, -0.2) is 9.37 Å². The molecule has 0 spiro atoms. The van der Waals surface area contributed by atoms with Gasteiger partial charge >= 0.3 is 6.61 Å². The van der Waals surface area contributed by atoms with Crippen LogP contribution in [-0.4, -0.2) is 22.4 Å². The number of benzene rings is 1. The molecule has 0 atom stereocenters. The number of nitrogens with two attached hydrogens (primary N) is 1. The molecule has 8 nitrogen and oxygen atoms in total. The zero-order valence-corrected chi connectivity index (χ0v) is 11.7. The molecule has 24 heavy (non-hydrogen) atoms. The lowest BCUT2D eigenvalue weighted by Crippen LogP contribution is -2.15. The first-order valence-electron chi connectivity index (χ1n) is 6.23. The van der Waals surface area contributed by atoms with Gasteiger partial charge in [-0.2, -0.15) is 8.78 Å². The number of anilines is 2. The molecule has 0 aliphatic heterocycles. The minimum Gasteiger partial charge on any atom is -0.432 e. The maximum Gasteiger partial charge on any atom is 0.387 e. The van der Waals surface area contributed by atoms with Crippen LogP contribution in [0.3, 0.4) is 0 Å². The second-order valence-electron chi connectivity index (χ2n) is 4.36. The van der Waals surface area contributed by atoms with Crippen LogP contribution in [0, 0.1) is 15.9 Å². The van der Waals surface area contributed by atoms with Gasteiger partial charge in [-0.1, -0.05) is 0 Å². The number of nitrogens with one attached hydrogen (secondary N) is 1. The SMILES string of the molecule is NC(=O)c1cc([N+](=O)[O-])cnc1Nc1ccc(OC(F)F)c(F)c1. The summed E-state index contributed by atoms with van der Waals surface area (Å²) in [6.07, 6.45) is 0.874. The Labute approximate surface area is 132 Å². The minimum absolute atomic E-state index is 0.0398. The first-order valence-corrected chi connectivity index (χ1v) is 6.23. The van der Waals surface area contributed by atoms with Crippen molar-refractivity contribution in [2.45, 2.75) is 6.61 Å². The van der Waals surface area contributed by atoms with E-state index < -0.39 is 34.7 Å². The maximum atomic E-state index is 13.6. The molecule has 2 aromatic rings. The zero-order valence-electron chi connectivity index (χ0n) is 11.7. The third kappa shape index (κ3) is 3.88. The highest BCUT2D eigenvalue weighted by molar-refractivity contribution is 5.98. The summed E-state index contributed by atoms with van der Waals surface area (Å²) in [4.78, 5) is 25.0. The van der Waals surface area contributed by atoms with Crippen LogP contribution in [0.15, 0.2) is 30.5 Å². The molecule has 0 aliphatic carbocycles. The Hall–Kier alpha value is -3.37. The second-order valence-corrected chi connectivity index (χ2v) is 4.36. The van der Waals surface area contributed by atoms with Crippen molar-refractivity contribution in [2.75, 3.05) is 5.32 Å². The lowest BCUT2D eigenvalue weighted by molar-refractivity contribution is -0.385. The molecule has 0 saturated carbocycles. The van der Waals surface area contributed by atoms with Gasteiger partial charge in [0.2, 0.25) is 0 Å². The van der Waals surface area contributed by atoms with E-state index >= 15 is 0 Å². The molecular weight excluding hydrogens is 333 g/mol. The number of rotatable bonds is 6. The van der Waals surface area contributed by atoms with Gasteiger partial charge in [0.15, 0.2) is 11.6 Å². The highest BCUT2D eigenvalue weighted by Gasteiger charge is 2.17. The minimum atomic E-state index is -3.18. The molecule has 0 unspecified atom stereocenters. The van der Waals surface area contributed by atoms with Crippen molar-refractivity contribution in [3.05, 3.63) is 52.0 Å². The van der Waals surface area contributed by atoms with E-state index in [0.717, 1.165) is 24.4 Å². The monoisotopic (exact) mass is 342 g/mol. The number of nitro groups is 1.